The Morgan fingerprint density at radius 1 is 1.26 bits per heavy atom. The highest BCUT2D eigenvalue weighted by Gasteiger charge is 2.29. The molecule has 1 unspecified atom stereocenters. The third-order valence-corrected chi connectivity index (χ3v) is 4.08. The Bertz CT molecular complexity index is 410. The first-order valence-electron chi connectivity index (χ1n) is 7.18. The molecule has 3 nitrogen and oxygen atoms in total. The fourth-order valence-electron chi connectivity index (χ4n) is 2.67. The highest BCUT2D eigenvalue weighted by atomic mass is 16.2. The van der Waals surface area contributed by atoms with E-state index >= 15 is 0 Å². The lowest BCUT2D eigenvalue weighted by Gasteiger charge is -2.26. The molecule has 0 heterocycles. The van der Waals surface area contributed by atoms with Crippen LogP contribution >= 0.6 is 0 Å². The summed E-state index contributed by atoms with van der Waals surface area (Å²) in [6.07, 6.45) is 5.19. The topological polar surface area (TPSA) is 41.1 Å². The molecule has 0 aromatic heterocycles. The second kappa shape index (κ2) is 6.20. The van der Waals surface area contributed by atoms with E-state index in [4.69, 9.17) is 0 Å². The summed E-state index contributed by atoms with van der Waals surface area (Å²) < 4.78 is 0. The molecule has 2 N–H and O–H groups in total. The zero-order valence-electron chi connectivity index (χ0n) is 11.9. The van der Waals surface area contributed by atoms with Crippen molar-refractivity contribution < 1.29 is 4.79 Å². The molecule has 19 heavy (non-hydrogen) atoms. The fraction of sp³-hybridized carbons (Fsp3) is 0.562. The highest BCUT2D eigenvalue weighted by molar-refractivity contribution is 5.94. The number of benzene rings is 1. The molecular weight excluding hydrogens is 236 g/mol. The van der Waals surface area contributed by atoms with Gasteiger partial charge in [0, 0.05) is 12.2 Å². The number of amides is 1. The van der Waals surface area contributed by atoms with Crippen molar-refractivity contribution >= 4 is 11.6 Å². The molecule has 0 saturated heterocycles. The summed E-state index contributed by atoms with van der Waals surface area (Å²) in [5.41, 5.74) is 1.23. The number of carbonyl (C=O) groups excluding carboxylic acids is 1. The minimum absolute atomic E-state index is 0.0350. The Balaban J connectivity index is 1.79. The first kappa shape index (κ1) is 14.1. The lowest BCUT2D eigenvalue weighted by Crippen LogP contribution is -2.42. The van der Waals surface area contributed by atoms with Crippen LogP contribution in [0, 0.1) is 5.41 Å². The van der Waals surface area contributed by atoms with Crippen LogP contribution in [0.3, 0.4) is 0 Å². The molecular formula is C16H24N2O. The summed E-state index contributed by atoms with van der Waals surface area (Å²) in [6, 6.07) is 9.45. The molecule has 2 rings (SSSR count). The van der Waals surface area contributed by atoms with Crippen LogP contribution in [0.15, 0.2) is 30.3 Å². The van der Waals surface area contributed by atoms with E-state index in [1.807, 2.05) is 37.3 Å². The number of hydrogen-bond donors (Lipinski definition) is 2. The number of carbonyl (C=O) groups is 1. The van der Waals surface area contributed by atoms with Gasteiger partial charge in [-0.2, -0.15) is 0 Å². The molecule has 1 atom stereocenters. The van der Waals surface area contributed by atoms with Crippen molar-refractivity contribution in [3.8, 4) is 0 Å². The van der Waals surface area contributed by atoms with Crippen molar-refractivity contribution in [3.63, 3.8) is 0 Å². The molecule has 1 aromatic carbocycles. The second-order valence-corrected chi connectivity index (χ2v) is 5.98. The van der Waals surface area contributed by atoms with Crippen molar-refractivity contribution in [1.82, 2.24) is 5.32 Å². The quantitative estimate of drug-likeness (QED) is 0.853. The van der Waals surface area contributed by atoms with E-state index in [0.717, 1.165) is 12.2 Å². The maximum absolute atomic E-state index is 12.0. The first-order valence-corrected chi connectivity index (χ1v) is 7.18. The SMILES string of the molecule is CC(NCC1(C)CCCC1)C(=O)Nc1ccccc1. The third-order valence-electron chi connectivity index (χ3n) is 4.08. The predicted molar refractivity (Wildman–Crippen MR) is 79.1 cm³/mol. The van der Waals surface area contributed by atoms with Gasteiger partial charge in [-0.1, -0.05) is 38.0 Å². The van der Waals surface area contributed by atoms with Crippen molar-refractivity contribution in [1.29, 1.82) is 0 Å². The normalized spacial score (nSPS) is 19.1. The molecule has 1 fully saturated rings. The smallest absolute Gasteiger partial charge is 0.241 e. The van der Waals surface area contributed by atoms with Crippen molar-refractivity contribution in [2.24, 2.45) is 5.41 Å². The van der Waals surface area contributed by atoms with Crippen LogP contribution in [0.1, 0.15) is 39.5 Å². The average molecular weight is 260 g/mol. The molecule has 104 valence electrons. The van der Waals surface area contributed by atoms with E-state index in [0.29, 0.717) is 5.41 Å². The standard InChI is InChI=1S/C16H24N2O/c1-13(17-12-16(2)10-6-7-11-16)15(19)18-14-8-4-3-5-9-14/h3-5,8-9,13,17H,6-7,10-12H2,1-2H3,(H,18,19). The molecule has 0 radical (unpaired) electrons. The zero-order chi connectivity index (χ0) is 13.7. The molecule has 0 aliphatic heterocycles. The van der Waals surface area contributed by atoms with Crippen molar-refractivity contribution in [3.05, 3.63) is 30.3 Å². The van der Waals surface area contributed by atoms with E-state index in [1.54, 1.807) is 0 Å². The fourth-order valence-corrected chi connectivity index (χ4v) is 2.67. The van der Waals surface area contributed by atoms with Gasteiger partial charge in [-0.05, 0) is 37.3 Å². The van der Waals surface area contributed by atoms with E-state index < -0.39 is 0 Å². The Kier molecular flexibility index (Phi) is 4.59. The number of hydrogen-bond acceptors (Lipinski definition) is 2. The first-order chi connectivity index (χ1) is 9.09. The number of nitrogens with one attached hydrogen (secondary N) is 2. The summed E-state index contributed by atoms with van der Waals surface area (Å²) in [7, 11) is 0. The minimum Gasteiger partial charge on any atom is -0.325 e. The Labute approximate surface area is 115 Å². The second-order valence-electron chi connectivity index (χ2n) is 5.98. The van der Waals surface area contributed by atoms with Gasteiger partial charge in [0.15, 0.2) is 0 Å². The molecule has 1 aliphatic carbocycles. The van der Waals surface area contributed by atoms with Crippen LogP contribution < -0.4 is 10.6 Å². The molecule has 1 saturated carbocycles. The largest absolute Gasteiger partial charge is 0.325 e. The van der Waals surface area contributed by atoms with Gasteiger partial charge >= 0.3 is 0 Å². The Hall–Kier alpha value is -1.35. The number of rotatable bonds is 5. The Morgan fingerprint density at radius 2 is 1.89 bits per heavy atom. The molecule has 1 aliphatic rings. The molecule has 3 heteroatoms. The van der Waals surface area contributed by atoms with Gasteiger partial charge in [-0.3, -0.25) is 4.79 Å². The van der Waals surface area contributed by atoms with Crippen LogP contribution in [0.5, 0.6) is 0 Å². The minimum atomic E-state index is -0.155. The molecule has 1 amide bonds. The van der Waals surface area contributed by atoms with Gasteiger partial charge < -0.3 is 10.6 Å². The summed E-state index contributed by atoms with van der Waals surface area (Å²) in [6.45, 7) is 5.17. The maximum atomic E-state index is 12.0. The van der Waals surface area contributed by atoms with Crippen LogP contribution in [0.25, 0.3) is 0 Å². The summed E-state index contributed by atoms with van der Waals surface area (Å²) in [5, 5.41) is 6.30. The van der Waals surface area contributed by atoms with E-state index in [1.165, 1.54) is 25.7 Å². The van der Waals surface area contributed by atoms with Gasteiger partial charge in [0.2, 0.25) is 5.91 Å². The predicted octanol–water partition coefficient (Wildman–Crippen LogP) is 3.18. The maximum Gasteiger partial charge on any atom is 0.241 e. The van der Waals surface area contributed by atoms with Gasteiger partial charge in [0.25, 0.3) is 0 Å². The average Bonchev–Trinajstić information content (AvgIpc) is 2.84. The van der Waals surface area contributed by atoms with E-state index in [-0.39, 0.29) is 11.9 Å². The Morgan fingerprint density at radius 3 is 2.53 bits per heavy atom. The zero-order valence-corrected chi connectivity index (χ0v) is 11.9. The van der Waals surface area contributed by atoms with Gasteiger partial charge in [0.1, 0.15) is 0 Å². The lowest BCUT2D eigenvalue weighted by molar-refractivity contribution is -0.117. The molecule has 0 bridgehead atoms. The van der Waals surface area contributed by atoms with E-state index in [9.17, 15) is 4.79 Å². The van der Waals surface area contributed by atoms with Crippen LogP contribution in [-0.2, 0) is 4.79 Å². The summed E-state index contributed by atoms with van der Waals surface area (Å²) in [4.78, 5) is 12.0. The monoisotopic (exact) mass is 260 g/mol. The van der Waals surface area contributed by atoms with Crippen LogP contribution in [0.2, 0.25) is 0 Å². The third kappa shape index (κ3) is 4.06. The molecule has 1 aromatic rings. The number of para-hydroxylation sites is 1. The van der Waals surface area contributed by atoms with Crippen molar-refractivity contribution in [2.75, 3.05) is 11.9 Å². The highest BCUT2D eigenvalue weighted by Crippen LogP contribution is 2.36. The van der Waals surface area contributed by atoms with Crippen LogP contribution in [-0.4, -0.2) is 18.5 Å². The molecule has 0 spiro atoms. The van der Waals surface area contributed by atoms with Crippen molar-refractivity contribution in [2.45, 2.75) is 45.6 Å². The number of anilines is 1. The van der Waals surface area contributed by atoms with Crippen LogP contribution in [0.4, 0.5) is 5.69 Å². The summed E-state index contributed by atoms with van der Waals surface area (Å²) >= 11 is 0. The van der Waals surface area contributed by atoms with Gasteiger partial charge in [0.05, 0.1) is 6.04 Å². The van der Waals surface area contributed by atoms with Gasteiger partial charge in [-0.15, -0.1) is 0 Å². The summed E-state index contributed by atoms with van der Waals surface area (Å²) in [5.74, 6) is 0.0350. The van der Waals surface area contributed by atoms with Gasteiger partial charge in [-0.25, -0.2) is 0 Å². The lowest BCUT2D eigenvalue weighted by atomic mass is 9.88. The van der Waals surface area contributed by atoms with E-state index in [2.05, 4.69) is 17.6 Å².